The molecule has 112 valence electrons. The van der Waals surface area contributed by atoms with Crippen LogP contribution in [0.3, 0.4) is 0 Å². The summed E-state index contributed by atoms with van der Waals surface area (Å²) in [5, 5.41) is 25.4. The van der Waals surface area contributed by atoms with Crippen LogP contribution in [0.5, 0.6) is 0 Å². The molecule has 0 bridgehead atoms. The summed E-state index contributed by atoms with van der Waals surface area (Å²) in [5.74, 6) is -2.17. The molecule has 7 nitrogen and oxygen atoms in total. The maximum Gasteiger partial charge on any atom is 0.326 e. The molecule has 0 fully saturated rings. The highest BCUT2D eigenvalue weighted by Crippen LogP contribution is 2.14. The van der Waals surface area contributed by atoms with E-state index in [9.17, 15) is 9.59 Å². The number of nitrogens with one attached hydrogen (secondary N) is 2. The highest BCUT2D eigenvalue weighted by molar-refractivity contribution is 7.13. The maximum atomic E-state index is 11.9. The Kier molecular flexibility index (Phi) is 5.87. The normalized spacial score (nSPS) is 12.6. The summed E-state index contributed by atoms with van der Waals surface area (Å²) >= 11 is 1.34. The number of hydrogen-bond donors (Lipinski definition) is 3. The van der Waals surface area contributed by atoms with Crippen molar-refractivity contribution in [2.75, 3.05) is 5.32 Å². The summed E-state index contributed by atoms with van der Waals surface area (Å²) in [7, 11) is 0. The second-order valence-electron chi connectivity index (χ2n) is 4.64. The summed E-state index contributed by atoms with van der Waals surface area (Å²) in [6, 6.07) is 0.688. The topological polar surface area (TPSA) is 115 Å². The SMILES string of the molecule is Cc1csc(N/C=C(/C#N)C(=O)NC(C(=O)O)C(C)C)n1. The molecule has 0 saturated heterocycles. The number of nitrogens with zero attached hydrogens (tertiary/aromatic N) is 2. The van der Waals surface area contributed by atoms with E-state index in [4.69, 9.17) is 10.4 Å². The lowest BCUT2D eigenvalue weighted by atomic mass is 10.0. The zero-order valence-corrected chi connectivity index (χ0v) is 12.7. The predicted molar refractivity (Wildman–Crippen MR) is 78.6 cm³/mol. The molecular weight excluding hydrogens is 292 g/mol. The molecule has 0 aliphatic carbocycles. The minimum atomic E-state index is -1.14. The van der Waals surface area contributed by atoms with Gasteiger partial charge in [-0.05, 0) is 12.8 Å². The van der Waals surface area contributed by atoms with Crippen molar-refractivity contribution in [3.8, 4) is 6.07 Å². The Morgan fingerprint density at radius 2 is 2.19 bits per heavy atom. The van der Waals surface area contributed by atoms with Crippen molar-refractivity contribution in [2.24, 2.45) is 5.92 Å². The molecule has 0 aliphatic rings. The van der Waals surface area contributed by atoms with Crippen molar-refractivity contribution < 1.29 is 14.7 Å². The van der Waals surface area contributed by atoms with Crippen LogP contribution < -0.4 is 10.6 Å². The molecule has 1 amide bonds. The summed E-state index contributed by atoms with van der Waals surface area (Å²) in [4.78, 5) is 27.0. The fourth-order valence-corrected chi connectivity index (χ4v) is 2.09. The van der Waals surface area contributed by atoms with Crippen molar-refractivity contribution >= 4 is 28.3 Å². The number of aryl methyl sites for hydroxylation is 1. The molecule has 0 aromatic carbocycles. The van der Waals surface area contributed by atoms with E-state index < -0.39 is 17.9 Å². The molecule has 1 aromatic rings. The number of nitriles is 1. The summed E-state index contributed by atoms with van der Waals surface area (Å²) in [5.41, 5.74) is 0.611. The first-order chi connectivity index (χ1) is 9.85. The third-order valence-electron chi connectivity index (χ3n) is 2.54. The Morgan fingerprint density at radius 1 is 1.52 bits per heavy atom. The number of carbonyl (C=O) groups is 2. The third-order valence-corrected chi connectivity index (χ3v) is 3.43. The molecular formula is C13H16N4O3S. The number of carboxylic acids is 1. The molecule has 1 atom stereocenters. The van der Waals surface area contributed by atoms with Gasteiger partial charge in [0, 0.05) is 11.6 Å². The van der Waals surface area contributed by atoms with Gasteiger partial charge < -0.3 is 15.7 Å². The number of carboxylic acid groups (broad SMARTS) is 1. The molecule has 3 N–H and O–H groups in total. The van der Waals surface area contributed by atoms with Crippen LogP contribution in [0.2, 0.25) is 0 Å². The first kappa shape index (κ1) is 16.7. The van der Waals surface area contributed by atoms with Gasteiger partial charge in [-0.3, -0.25) is 4.79 Å². The Bertz CT molecular complexity index is 601. The van der Waals surface area contributed by atoms with Crippen LogP contribution in [0.1, 0.15) is 19.5 Å². The number of aliphatic carboxylic acids is 1. The minimum Gasteiger partial charge on any atom is -0.480 e. The number of carbonyl (C=O) groups excluding carboxylic acids is 1. The van der Waals surface area contributed by atoms with Crippen molar-refractivity contribution in [3.05, 3.63) is 22.8 Å². The standard InChI is InChI=1S/C13H16N4O3S/c1-7(2)10(12(19)20)17-11(18)9(4-14)5-15-13-16-8(3)6-21-13/h5-7,10H,1-3H3,(H,15,16)(H,17,18)(H,19,20)/b9-5-. The number of hydrogen-bond acceptors (Lipinski definition) is 6. The third kappa shape index (κ3) is 4.89. The van der Waals surface area contributed by atoms with Crippen LogP contribution in [0.15, 0.2) is 17.2 Å². The molecule has 0 saturated carbocycles. The fourth-order valence-electron chi connectivity index (χ4n) is 1.44. The average molecular weight is 308 g/mol. The Morgan fingerprint density at radius 3 is 2.62 bits per heavy atom. The van der Waals surface area contributed by atoms with E-state index in [1.807, 2.05) is 12.3 Å². The van der Waals surface area contributed by atoms with Crippen molar-refractivity contribution in [1.29, 1.82) is 5.26 Å². The second kappa shape index (κ2) is 7.40. The molecule has 1 heterocycles. The largest absolute Gasteiger partial charge is 0.480 e. The van der Waals surface area contributed by atoms with Gasteiger partial charge in [-0.15, -0.1) is 11.3 Å². The molecule has 21 heavy (non-hydrogen) atoms. The zero-order chi connectivity index (χ0) is 16.0. The van der Waals surface area contributed by atoms with Gasteiger partial charge in [0.15, 0.2) is 5.13 Å². The molecule has 1 unspecified atom stereocenters. The quantitative estimate of drug-likeness (QED) is 0.542. The van der Waals surface area contributed by atoms with Gasteiger partial charge >= 0.3 is 5.97 Å². The van der Waals surface area contributed by atoms with E-state index in [1.165, 1.54) is 17.5 Å². The minimum absolute atomic E-state index is 0.213. The number of amides is 1. The Labute approximate surface area is 126 Å². The molecule has 1 aromatic heterocycles. The molecule has 8 heteroatoms. The molecule has 0 spiro atoms. The average Bonchev–Trinajstić information content (AvgIpc) is 2.81. The van der Waals surface area contributed by atoms with Gasteiger partial charge in [0.1, 0.15) is 17.7 Å². The van der Waals surface area contributed by atoms with Gasteiger partial charge in [-0.25, -0.2) is 9.78 Å². The van der Waals surface area contributed by atoms with Gasteiger partial charge in [-0.2, -0.15) is 5.26 Å². The monoisotopic (exact) mass is 308 g/mol. The number of anilines is 1. The van der Waals surface area contributed by atoms with Crippen LogP contribution >= 0.6 is 11.3 Å². The molecule has 0 aliphatic heterocycles. The fraction of sp³-hybridized carbons (Fsp3) is 0.385. The van der Waals surface area contributed by atoms with Crippen LogP contribution in [-0.2, 0) is 9.59 Å². The predicted octanol–water partition coefficient (Wildman–Crippen LogP) is 1.50. The van der Waals surface area contributed by atoms with Crippen molar-refractivity contribution in [1.82, 2.24) is 10.3 Å². The van der Waals surface area contributed by atoms with Crippen LogP contribution in [0.4, 0.5) is 5.13 Å². The van der Waals surface area contributed by atoms with E-state index in [1.54, 1.807) is 19.9 Å². The first-order valence-corrected chi connectivity index (χ1v) is 7.05. The van der Waals surface area contributed by atoms with E-state index in [0.717, 1.165) is 5.69 Å². The lowest BCUT2D eigenvalue weighted by Crippen LogP contribution is -2.44. The molecule has 1 rings (SSSR count). The first-order valence-electron chi connectivity index (χ1n) is 6.17. The highest BCUT2D eigenvalue weighted by Gasteiger charge is 2.24. The van der Waals surface area contributed by atoms with Crippen molar-refractivity contribution in [2.45, 2.75) is 26.8 Å². The Hall–Kier alpha value is -2.40. The number of thiazole rings is 1. The van der Waals surface area contributed by atoms with E-state index >= 15 is 0 Å². The van der Waals surface area contributed by atoms with Crippen LogP contribution in [0, 0.1) is 24.2 Å². The lowest BCUT2D eigenvalue weighted by Gasteiger charge is -2.17. The summed E-state index contributed by atoms with van der Waals surface area (Å²) in [6.45, 7) is 5.17. The van der Waals surface area contributed by atoms with Gasteiger partial charge in [0.25, 0.3) is 5.91 Å². The van der Waals surface area contributed by atoms with Crippen LogP contribution in [-0.4, -0.2) is 28.0 Å². The second-order valence-corrected chi connectivity index (χ2v) is 5.50. The maximum absolute atomic E-state index is 11.9. The van der Waals surface area contributed by atoms with E-state index in [2.05, 4.69) is 15.6 Å². The van der Waals surface area contributed by atoms with Gasteiger partial charge in [0.2, 0.25) is 0 Å². The number of aromatic nitrogens is 1. The van der Waals surface area contributed by atoms with Gasteiger partial charge in [-0.1, -0.05) is 13.8 Å². The highest BCUT2D eigenvalue weighted by atomic mass is 32.1. The lowest BCUT2D eigenvalue weighted by molar-refractivity contribution is -0.142. The van der Waals surface area contributed by atoms with Gasteiger partial charge in [0.05, 0.1) is 5.69 Å². The smallest absolute Gasteiger partial charge is 0.326 e. The van der Waals surface area contributed by atoms with Crippen molar-refractivity contribution in [3.63, 3.8) is 0 Å². The Balaban J connectivity index is 2.77. The van der Waals surface area contributed by atoms with Crippen LogP contribution in [0.25, 0.3) is 0 Å². The number of rotatable bonds is 6. The summed E-state index contributed by atoms with van der Waals surface area (Å²) < 4.78 is 0. The van der Waals surface area contributed by atoms with E-state index in [0.29, 0.717) is 5.13 Å². The molecule has 0 radical (unpaired) electrons. The van der Waals surface area contributed by atoms with E-state index in [-0.39, 0.29) is 11.5 Å². The zero-order valence-electron chi connectivity index (χ0n) is 11.9. The summed E-state index contributed by atoms with van der Waals surface area (Å²) in [6.07, 6.45) is 1.22.